The number of fused-ring (bicyclic) bond motifs is 2. The van der Waals surface area contributed by atoms with E-state index in [0.717, 1.165) is 32.4 Å². The van der Waals surface area contributed by atoms with Crippen LogP contribution in [0.5, 0.6) is 0 Å². The van der Waals surface area contributed by atoms with E-state index >= 15 is 0 Å². The lowest BCUT2D eigenvalue weighted by atomic mass is 10.1. The normalized spacial score (nSPS) is 12.3. The van der Waals surface area contributed by atoms with Crippen LogP contribution in [0.3, 0.4) is 0 Å². The molecule has 0 spiro atoms. The van der Waals surface area contributed by atoms with Gasteiger partial charge in [0.2, 0.25) is 5.13 Å². The van der Waals surface area contributed by atoms with Crippen LogP contribution in [0.1, 0.15) is 23.7 Å². The standard InChI is InChI=1S/C23H20FN5OS/c1-13(25-10-9-15-12-26-18-8-7-16(24)11-17(15)18)21-14(2)28-29(22(21)30)23-27-19-5-3-4-6-20(19)31-23/h3-8,11-12,26,28H,9-10H2,1-2H3. The number of nitrogens with one attached hydrogen (secondary N) is 2. The van der Waals surface area contributed by atoms with Crippen molar-refractivity contribution in [3.8, 4) is 5.13 Å². The maximum Gasteiger partial charge on any atom is 0.282 e. The van der Waals surface area contributed by atoms with Crippen molar-refractivity contribution in [1.29, 1.82) is 0 Å². The monoisotopic (exact) mass is 433 g/mol. The van der Waals surface area contributed by atoms with Crippen molar-refractivity contribution in [2.75, 3.05) is 6.54 Å². The van der Waals surface area contributed by atoms with Gasteiger partial charge in [-0.05, 0) is 56.2 Å². The summed E-state index contributed by atoms with van der Waals surface area (Å²) in [6, 6.07) is 12.5. The Hall–Kier alpha value is -3.52. The van der Waals surface area contributed by atoms with Gasteiger partial charge in [-0.15, -0.1) is 0 Å². The molecule has 0 unspecified atom stereocenters. The summed E-state index contributed by atoms with van der Waals surface area (Å²) >= 11 is 1.46. The number of aromatic amines is 2. The van der Waals surface area contributed by atoms with E-state index in [1.54, 1.807) is 6.07 Å². The molecule has 0 bridgehead atoms. The van der Waals surface area contributed by atoms with E-state index in [2.05, 4.69) is 20.1 Å². The molecule has 6 nitrogen and oxygen atoms in total. The highest BCUT2D eigenvalue weighted by atomic mass is 32.1. The lowest BCUT2D eigenvalue weighted by Gasteiger charge is -2.00. The van der Waals surface area contributed by atoms with E-state index < -0.39 is 0 Å². The van der Waals surface area contributed by atoms with E-state index in [4.69, 9.17) is 0 Å². The molecule has 0 fully saturated rings. The first-order valence-electron chi connectivity index (χ1n) is 9.96. The van der Waals surface area contributed by atoms with Gasteiger partial charge in [-0.2, -0.15) is 4.68 Å². The fourth-order valence-electron chi connectivity index (χ4n) is 3.84. The molecule has 2 aromatic carbocycles. The molecule has 0 aliphatic rings. The average molecular weight is 434 g/mol. The van der Waals surface area contributed by atoms with Crippen LogP contribution in [0.4, 0.5) is 4.39 Å². The minimum atomic E-state index is -0.258. The molecule has 5 aromatic rings. The smallest absolute Gasteiger partial charge is 0.282 e. The third-order valence-corrected chi connectivity index (χ3v) is 6.39. The predicted octanol–water partition coefficient (Wildman–Crippen LogP) is 4.76. The van der Waals surface area contributed by atoms with Gasteiger partial charge in [-0.25, -0.2) is 9.37 Å². The van der Waals surface area contributed by atoms with Crippen molar-refractivity contribution >= 4 is 38.2 Å². The molecule has 0 saturated heterocycles. The van der Waals surface area contributed by atoms with Crippen LogP contribution in [-0.4, -0.2) is 32.0 Å². The Bertz CT molecular complexity index is 1470. The van der Waals surface area contributed by atoms with E-state index in [1.807, 2.05) is 44.3 Å². The summed E-state index contributed by atoms with van der Waals surface area (Å²) in [5.74, 6) is -0.258. The number of hydrogen-bond acceptors (Lipinski definition) is 4. The zero-order chi connectivity index (χ0) is 21.5. The van der Waals surface area contributed by atoms with Crippen molar-refractivity contribution in [3.63, 3.8) is 0 Å². The van der Waals surface area contributed by atoms with Crippen LogP contribution in [0.15, 0.2) is 58.4 Å². The molecule has 0 aliphatic heterocycles. The highest BCUT2D eigenvalue weighted by Gasteiger charge is 2.17. The van der Waals surface area contributed by atoms with E-state index in [9.17, 15) is 9.18 Å². The second-order valence-corrected chi connectivity index (χ2v) is 8.45. The van der Waals surface area contributed by atoms with Gasteiger partial charge in [0.05, 0.1) is 15.8 Å². The molecular formula is C23H20FN5OS. The van der Waals surface area contributed by atoms with E-state index in [0.29, 0.717) is 29.4 Å². The second kappa shape index (κ2) is 7.63. The highest BCUT2D eigenvalue weighted by Crippen LogP contribution is 2.24. The Balaban J connectivity index is 1.41. The number of H-pyrrole nitrogens is 2. The number of rotatable bonds is 5. The van der Waals surface area contributed by atoms with Gasteiger partial charge >= 0.3 is 0 Å². The summed E-state index contributed by atoms with van der Waals surface area (Å²) in [5.41, 5.74) is 4.59. The van der Waals surface area contributed by atoms with Crippen molar-refractivity contribution in [1.82, 2.24) is 19.7 Å². The fourth-order valence-corrected chi connectivity index (χ4v) is 4.77. The zero-order valence-electron chi connectivity index (χ0n) is 17.1. The highest BCUT2D eigenvalue weighted by molar-refractivity contribution is 7.20. The number of thiazole rings is 1. The van der Waals surface area contributed by atoms with Gasteiger partial charge < -0.3 is 4.98 Å². The first kappa shape index (κ1) is 19.4. The quantitative estimate of drug-likeness (QED) is 0.392. The number of nitrogens with zero attached hydrogens (tertiary/aromatic N) is 3. The Morgan fingerprint density at radius 1 is 1.26 bits per heavy atom. The zero-order valence-corrected chi connectivity index (χ0v) is 17.9. The van der Waals surface area contributed by atoms with Crippen LogP contribution >= 0.6 is 11.3 Å². The number of aliphatic imine (C=N–C) groups is 1. The van der Waals surface area contributed by atoms with Gasteiger partial charge in [0.1, 0.15) is 5.82 Å². The number of aryl methyl sites for hydroxylation is 1. The van der Waals surface area contributed by atoms with Crippen LogP contribution in [0.2, 0.25) is 0 Å². The van der Waals surface area contributed by atoms with Crippen LogP contribution in [0.25, 0.3) is 26.3 Å². The van der Waals surface area contributed by atoms with Gasteiger partial charge in [-0.3, -0.25) is 14.9 Å². The molecule has 3 aromatic heterocycles. The number of benzene rings is 2. The molecule has 2 N–H and O–H groups in total. The molecule has 0 amide bonds. The van der Waals surface area contributed by atoms with Gasteiger partial charge in [-0.1, -0.05) is 23.5 Å². The Morgan fingerprint density at radius 3 is 2.94 bits per heavy atom. The largest absolute Gasteiger partial charge is 0.361 e. The van der Waals surface area contributed by atoms with Crippen molar-refractivity contribution in [2.24, 2.45) is 4.99 Å². The fraction of sp³-hybridized carbons (Fsp3) is 0.174. The molecule has 5 rings (SSSR count). The molecular weight excluding hydrogens is 413 g/mol. The first-order valence-corrected chi connectivity index (χ1v) is 10.8. The summed E-state index contributed by atoms with van der Waals surface area (Å²) in [6.07, 6.45) is 2.53. The third kappa shape index (κ3) is 3.48. The number of aromatic nitrogens is 4. The minimum Gasteiger partial charge on any atom is -0.361 e. The molecule has 0 aliphatic carbocycles. The molecule has 8 heteroatoms. The van der Waals surface area contributed by atoms with Gasteiger partial charge in [0.25, 0.3) is 5.56 Å². The summed E-state index contributed by atoms with van der Waals surface area (Å²) in [4.78, 5) is 25.4. The molecule has 0 atom stereocenters. The Labute approximate surface area is 181 Å². The molecule has 156 valence electrons. The van der Waals surface area contributed by atoms with Crippen LogP contribution in [0, 0.1) is 12.7 Å². The SMILES string of the molecule is CC(=NCCc1c[nH]c2ccc(F)cc12)c1c(C)[nH]n(-c2nc3ccccc3s2)c1=O. The Morgan fingerprint density at radius 2 is 2.10 bits per heavy atom. The third-order valence-electron chi connectivity index (χ3n) is 5.37. The first-order chi connectivity index (χ1) is 15.0. The van der Waals surface area contributed by atoms with Crippen molar-refractivity contribution in [3.05, 3.63) is 81.7 Å². The lowest BCUT2D eigenvalue weighted by molar-refractivity contribution is 0.629. The van der Waals surface area contributed by atoms with Crippen molar-refractivity contribution in [2.45, 2.75) is 20.3 Å². The van der Waals surface area contributed by atoms with Gasteiger partial charge in [0.15, 0.2) is 0 Å². The van der Waals surface area contributed by atoms with Crippen molar-refractivity contribution < 1.29 is 4.39 Å². The molecule has 0 radical (unpaired) electrons. The molecule has 31 heavy (non-hydrogen) atoms. The van der Waals surface area contributed by atoms with Gasteiger partial charge in [0, 0.05) is 35.1 Å². The van der Waals surface area contributed by atoms with Crippen LogP contribution < -0.4 is 5.56 Å². The lowest BCUT2D eigenvalue weighted by Crippen LogP contribution is -2.19. The second-order valence-electron chi connectivity index (χ2n) is 7.44. The summed E-state index contributed by atoms with van der Waals surface area (Å²) in [5, 5.41) is 4.60. The number of para-hydroxylation sites is 1. The van der Waals surface area contributed by atoms with E-state index in [-0.39, 0.29) is 11.4 Å². The number of hydrogen-bond donors (Lipinski definition) is 2. The van der Waals surface area contributed by atoms with E-state index in [1.165, 1.54) is 28.2 Å². The summed E-state index contributed by atoms with van der Waals surface area (Å²) < 4.78 is 16.1. The Kier molecular flexibility index (Phi) is 4.78. The maximum atomic E-state index is 13.6. The number of halogens is 1. The molecule has 3 heterocycles. The minimum absolute atomic E-state index is 0.160. The molecule has 0 saturated carbocycles. The average Bonchev–Trinajstić information content (AvgIpc) is 3.43. The summed E-state index contributed by atoms with van der Waals surface area (Å²) in [6.45, 7) is 4.21. The summed E-state index contributed by atoms with van der Waals surface area (Å²) in [7, 11) is 0. The van der Waals surface area contributed by atoms with Crippen LogP contribution in [-0.2, 0) is 6.42 Å². The predicted molar refractivity (Wildman–Crippen MR) is 123 cm³/mol. The maximum absolute atomic E-state index is 13.6. The topological polar surface area (TPSA) is 78.8 Å².